The Kier molecular flexibility index (Phi) is 4.09. The molecule has 2 rings (SSSR count). The standard InChI is InChI=1S/C17H21NO2/c1-17(2,3)14-6-4-13(5-7-14)16(20)12-18-10-8-15(19)9-11-18/h4-11,16,20H,12H2,1-3H3. The molecule has 0 amide bonds. The number of hydrogen-bond donors (Lipinski definition) is 1. The van der Waals surface area contributed by atoms with Crippen LogP contribution in [0.2, 0.25) is 0 Å². The summed E-state index contributed by atoms with van der Waals surface area (Å²) in [6.45, 7) is 6.94. The van der Waals surface area contributed by atoms with Gasteiger partial charge in [-0.25, -0.2) is 0 Å². The van der Waals surface area contributed by atoms with E-state index in [4.69, 9.17) is 0 Å². The molecule has 1 atom stereocenters. The zero-order chi connectivity index (χ0) is 14.8. The Bertz CT molecular complexity index is 600. The lowest BCUT2D eigenvalue weighted by molar-refractivity contribution is 0.156. The molecule has 0 aliphatic carbocycles. The number of aliphatic hydroxyl groups is 1. The maximum Gasteiger partial charge on any atom is 0.181 e. The van der Waals surface area contributed by atoms with Crippen molar-refractivity contribution in [2.75, 3.05) is 0 Å². The van der Waals surface area contributed by atoms with Crippen LogP contribution in [-0.4, -0.2) is 9.67 Å². The van der Waals surface area contributed by atoms with E-state index < -0.39 is 6.10 Å². The second-order valence-corrected chi connectivity index (χ2v) is 6.12. The molecule has 0 radical (unpaired) electrons. The molecule has 1 N–H and O–H groups in total. The minimum atomic E-state index is -0.577. The fourth-order valence-corrected chi connectivity index (χ4v) is 2.08. The van der Waals surface area contributed by atoms with Crippen LogP contribution in [0, 0.1) is 0 Å². The van der Waals surface area contributed by atoms with Crippen molar-refractivity contribution in [2.45, 2.75) is 38.8 Å². The van der Waals surface area contributed by atoms with E-state index >= 15 is 0 Å². The van der Waals surface area contributed by atoms with E-state index in [-0.39, 0.29) is 10.8 Å². The number of hydrogen-bond acceptors (Lipinski definition) is 2. The monoisotopic (exact) mass is 271 g/mol. The zero-order valence-electron chi connectivity index (χ0n) is 12.2. The maximum atomic E-state index is 11.0. The first kappa shape index (κ1) is 14.5. The summed E-state index contributed by atoms with van der Waals surface area (Å²) in [7, 11) is 0. The van der Waals surface area contributed by atoms with Crippen molar-refractivity contribution >= 4 is 0 Å². The number of rotatable bonds is 3. The molecule has 1 aromatic carbocycles. The lowest BCUT2D eigenvalue weighted by atomic mass is 9.86. The van der Waals surface area contributed by atoms with Gasteiger partial charge in [-0.3, -0.25) is 4.79 Å². The SMILES string of the molecule is CC(C)(C)c1ccc(C(O)Cn2ccc(=O)cc2)cc1. The Hall–Kier alpha value is -1.87. The average Bonchev–Trinajstić information content (AvgIpc) is 2.40. The Balaban J connectivity index is 2.11. The van der Waals surface area contributed by atoms with Gasteiger partial charge in [0.15, 0.2) is 5.43 Å². The second-order valence-electron chi connectivity index (χ2n) is 6.12. The van der Waals surface area contributed by atoms with E-state index in [0.717, 1.165) is 5.56 Å². The molecule has 106 valence electrons. The van der Waals surface area contributed by atoms with Gasteiger partial charge < -0.3 is 9.67 Å². The normalized spacial score (nSPS) is 13.2. The summed E-state index contributed by atoms with van der Waals surface area (Å²) in [5.74, 6) is 0. The van der Waals surface area contributed by atoms with Crippen LogP contribution in [0.3, 0.4) is 0 Å². The first-order chi connectivity index (χ1) is 9.36. The molecule has 0 aliphatic rings. The number of pyridine rings is 1. The highest BCUT2D eigenvalue weighted by atomic mass is 16.3. The smallest absolute Gasteiger partial charge is 0.181 e. The Morgan fingerprint density at radius 2 is 1.60 bits per heavy atom. The van der Waals surface area contributed by atoms with Crippen LogP contribution in [0.4, 0.5) is 0 Å². The van der Waals surface area contributed by atoms with Crippen molar-refractivity contribution in [3.63, 3.8) is 0 Å². The fourth-order valence-electron chi connectivity index (χ4n) is 2.08. The van der Waals surface area contributed by atoms with Gasteiger partial charge in [0.25, 0.3) is 0 Å². The summed E-state index contributed by atoms with van der Waals surface area (Å²) in [6.07, 6.45) is 2.80. The summed E-state index contributed by atoms with van der Waals surface area (Å²) >= 11 is 0. The van der Waals surface area contributed by atoms with E-state index in [2.05, 4.69) is 32.9 Å². The van der Waals surface area contributed by atoms with Gasteiger partial charge in [-0.05, 0) is 16.5 Å². The summed E-state index contributed by atoms with van der Waals surface area (Å²) in [4.78, 5) is 11.0. The maximum absolute atomic E-state index is 11.0. The van der Waals surface area contributed by atoms with Crippen LogP contribution in [0.5, 0.6) is 0 Å². The zero-order valence-corrected chi connectivity index (χ0v) is 12.2. The summed E-state index contributed by atoms with van der Waals surface area (Å²) < 4.78 is 1.81. The molecular weight excluding hydrogens is 250 g/mol. The van der Waals surface area contributed by atoms with Crippen molar-refractivity contribution in [3.8, 4) is 0 Å². The van der Waals surface area contributed by atoms with Crippen molar-refractivity contribution in [3.05, 3.63) is 70.1 Å². The molecule has 0 saturated heterocycles. The Labute approximate surface area is 119 Å². The van der Waals surface area contributed by atoms with Crippen molar-refractivity contribution in [1.82, 2.24) is 4.57 Å². The quantitative estimate of drug-likeness (QED) is 0.932. The highest BCUT2D eigenvalue weighted by Gasteiger charge is 2.14. The van der Waals surface area contributed by atoms with Gasteiger partial charge in [0.1, 0.15) is 0 Å². The van der Waals surface area contributed by atoms with Crippen LogP contribution in [0.15, 0.2) is 53.6 Å². The Morgan fingerprint density at radius 1 is 1.05 bits per heavy atom. The number of aliphatic hydroxyl groups excluding tert-OH is 1. The predicted molar refractivity (Wildman–Crippen MR) is 80.8 cm³/mol. The van der Waals surface area contributed by atoms with Gasteiger partial charge in [0.05, 0.1) is 12.6 Å². The highest BCUT2D eigenvalue weighted by molar-refractivity contribution is 5.28. The van der Waals surface area contributed by atoms with Crippen LogP contribution < -0.4 is 5.43 Å². The molecule has 1 unspecified atom stereocenters. The van der Waals surface area contributed by atoms with E-state index in [0.29, 0.717) is 6.54 Å². The van der Waals surface area contributed by atoms with Crippen molar-refractivity contribution in [2.24, 2.45) is 0 Å². The van der Waals surface area contributed by atoms with Crippen molar-refractivity contribution in [1.29, 1.82) is 0 Å². The van der Waals surface area contributed by atoms with Crippen LogP contribution in [-0.2, 0) is 12.0 Å². The van der Waals surface area contributed by atoms with Gasteiger partial charge >= 0.3 is 0 Å². The predicted octanol–water partition coefficient (Wildman–Crippen LogP) is 2.88. The molecule has 20 heavy (non-hydrogen) atoms. The summed E-state index contributed by atoms with van der Waals surface area (Å²) in [5, 5.41) is 10.2. The third-order valence-electron chi connectivity index (χ3n) is 3.41. The first-order valence-electron chi connectivity index (χ1n) is 6.81. The topological polar surface area (TPSA) is 42.2 Å². The van der Waals surface area contributed by atoms with Gasteiger partial charge in [0.2, 0.25) is 0 Å². The van der Waals surface area contributed by atoms with Gasteiger partial charge in [0, 0.05) is 24.5 Å². The van der Waals surface area contributed by atoms with Crippen LogP contribution >= 0.6 is 0 Å². The van der Waals surface area contributed by atoms with Crippen LogP contribution in [0.25, 0.3) is 0 Å². The van der Waals surface area contributed by atoms with Crippen LogP contribution in [0.1, 0.15) is 38.0 Å². The average molecular weight is 271 g/mol. The molecule has 1 aromatic heterocycles. The highest BCUT2D eigenvalue weighted by Crippen LogP contribution is 2.24. The van der Waals surface area contributed by atoms with E-state index in [1.807, 2.05) is 16.7 Å². The molecule has 2 aromatic rings. The molecule has 0 aliphatic heterocycles. The fraction of sp³-hybridized carbons (Fsp3) is 0.353. The summed E-state index contributed by atoms with van der Waals surface area (Å²) in [6, 6.07) is 11.0. The van der Waals surface area contributed by atoms with E-state index in [1.165, 1.54) is 17.7 Å². The molecule has 0 bridgehead atoms. The van der Waals surface area contributed by atoms with Gasteiger partial charge in [-0.15, -0.1) is 0 Å². The number of benzene rings is 1. The molecule has 3 nitrogen and oxygen atoms in total. The van der Waals surface area contributed by atoms with E-state index in [1.54, 1.807) is 12.4 Å². The third-order valence-corrected chi connectivity index (χ3v) is 3.41. The van der Waals surface area contributed by atoms with E-state index in [9.17, 15) is 9.90 Å². The number of aromatic nitrogens is 1. The molecule has 0 spiro atoms. The Morgan fingerprint density at radius 3 is 2.10 bits per heavy atom. The molecule has 0 saturated carbocycles. The van der Waals surface area contributed by atoms with Crippen molar-refractivity contribution < 1.29 is 5.11 Å². The van der Waals surface area contributed by atoms with Gasteiger partial charge in [-0.2, -0.15) is 0 Å². The summed E-state index contributed by atoms with van der Waals surface area (Å²) in [5.41, 5.74) is 2.22. The first-order valence-corrected chi connectivity index (χ1v) is 6.81. The molecule has 0 fully saturated rings. The lowest BCUT2D eigenvalue weighted by Gasteiger charge is -2.20. The third kappa shape index (κ3) is 3.58. The molecule has 1 heterocycles. The minimum Gasteiger partial charge on any atom is -0.387 e. The molecule has 3 heteroatoms. The minimum absolute atomic E-state index is 0.0229. The molecular formula is C17H21NO2. The number of nitrogens with zero attached hydrogens (tertiary/aromatic N) is 1. The largest absolute Gasteiger partial charge is 0.387 e. The van der Waals surface area contributed by atoms with Gasteiger partial charge in [-0.1, -0.05) is 45.0 Å². The lowest BCUT2D eigenvalue weighted by Crippen LogP contribution is -2.13. The second kappa shape index (κ2) is 5.63.